The second-order valence-corrected chi connectivity index (χ2v) is 10.5. The number of carbonyl (C=O) groups excluding carboxylic acids is 2. The van der Waals surface area contributed by atoms with Crippen molar-refractivity contribution in [3.05, 3.63) is 58.7 Å². The maximum absolute atomic E-state index is 13.4. The van der Waals surface area contributed by atoms with E-state index in [1.165, 1.54) is 4.31 Å². The van der Waals surface area contributed by atoms with Gasteiger partial charge in [-0.1, -0.05) is 29.8 Å². The Labute approximate surface area is 196 Å². The summed E-state index contributed by atoms with van der Waals surface area (Å²) in [5, 5.41) is 2.88. The van der Waals surface area contributed by atoms with Crippen molar-refractivity contribution in [3.63, 3.8) is 0 Å². The van der Waals surface area contributed by atoms with E-state index in [2.05, 4.69) is 5.32 Å². The summed E-state index contributed by atoms with van der Waals surface area (Å²) in [5.74, 6) is -0.930. The Hall–Kier alpha value is -2.71. The number of esters is 1. The van der Waals surface area contributed by atoms with E-state index in [1.807, 2.05) is 32.9 Å². The van der Waals surface area contributed by atoms with Gasteiger partial charge < -0.3 is 10.1 Å². The predicted molar refractivity (Wildman–Crippen MR) is 128 cm³/mol. The number of nitrogens with zero attached hydrogens (tertiary/aromatic N) is 1. The second kappa shape index (κ2) is 10.5. The summed E-state index contributed by atoms with van der Waals surface area (Å²) >= 11 is 0. The third-order valence-electron chi connectivity index (χ3n) is 5.83. The maximum Gasteiger partial charge on any atom is 0.310 e. The van der Waals surface area contributed by atoms with Crippen LogP contribution >= 0.6 is 0 Å². The van der Waals surface area contributed by atoms with Gasteiger partial charge in [0.05, 0.1) is 23.8 Å². The highest BCUT2D eigenvalue weighted by Gasteiger charge is 2.34. The molecule has 0 aliphatic carbocycles. The topological polar surface area (TPSA) is 92.8 Å². The van der Waals surface area contributed by atoms with Gasteiger partial charge in [-0.05, 0) is 69.4 Å². The van der Waals surface area contributed by atoms with Crippen molar-refractivity contribution in [2.75, 3.05) is 25.0 Å². The monoisotopic (exact) mass is 472 g/mol. The fourth-order valence-electron chi connectivity index (χ4n) is 4.41. The fourth-order valence-corrected chi connectivity index (χ4v) is 6.34. The number of benzene rings is 2. The molecule has 8 heteroatoms. The Bertz CT molecular complexity index is 1100. The lowest BCUT2D eigenvalue weighted by Crippen LogP contribution is -2.44. The lowest BCUT2D eigenvalue weighted by molar-refractivity contribution is -0.142. The minimum Gasteiger partial charge on any atom is -0.466 e. The highest BCUT2D eigenvalue weighted by Crippen LogP contribution is 2.29. The van der Waals surface area contributed by atoms with Crippen LogP contribution in [0.3, 0.4) is 0 Å². The molecule has 33 heavy (non-hydrogen) atoms. The van der Waals surface area contributed by atoms with Crippen LogP contribution in [0.1, 0.15) is 42.0 Å². The molecule has 2 aromatic carbocycles. The van der Waals surface area contributed by atoms with Crippen LogP contribution in [-0.4, -0.2) is 44.3 Å². The average molecular weight is 473 g/mol. The number of carbonyl (C=O) groups is 2. The van der Waals surface area contributed by atoms with Crippen molar-refractivity contribution >= 4 is 27.6 Å². The molecule has 1 heterocycles. The van der Waals surface area contributed by atoms with E-state index in [-0.39, 0.29) is 24.8 Å². The smallest absolute Gasteiger partial charge is 0.310 e. The van der Waals surface area contributed by atoms with Crippen LogP contribution in [0.5, 0.6) is 0 Å². The van der Waals surface area contributed by atoms with Gasteiger partial charge in [-0.15, -0.1) is 0 Å². The lowest BCUT2D eigenvalue weighted by atomic mass is 9.98. The summed E-state index contributed by atoms with van der Waals surface area (Å²) in [6.07, 6.45) is 1.43. The molecule has 2 aromatic rings. The summed E-state index contributed by atoms with van der Waals surface area (Å²) in [6, 6.07) is 10.8. The van der Waals surface area contributed by atoms with Gasteiger partial charge in [0, 0.05) is 18.8 Å². The minimum absolute atomic E-state index is 0.155. The van der Waals surface area contributed by atoms with Gasteiger partial charge in [0.25, 0.3) is 0 Å². The van der Waals surface area contributed by atoms with Crippen LogP contribution in [0.25, 0.3) is 0 Å². The van der Waals surface area contributed by atoms with Crippen LogP contribution in [0.4, 0.5) is 5.69 Å². The molecule has 1 N–H and O–H groups in total. The molecule has 1 saturated heterocycles. The van der Waals surface area contributed by atoms with E-state index in [9.17, 15) is 18.0 Å². The molecule has 1 aliphatic heterocycles. The molecule has 7 nitrogen and oxygen atoms in total. The summed E-state index contributed by atoms with van der Waals surface area (Å²) < 4.78 is 33.2. The summed E-state index contributed by atoms with van der Waals surface area (Å²) in [6.45, 7) is 8.23. The van der Waals surface area contributed by atoms with Gasteiger partial charge in [-0.2, -0.15) is 4.31 Å². The number of anilines is 1. The fraction of sp³-hybridized carbons (Fsp3) is 0.440. The zero-order valence-electron chi connectivity index (χ0n) is 19.7. The zero-order chi connectivity index (χ0) is 24.2. The molecule has 0 saturated carbocycles. The minimum atomic E-state index is -3.69. The molecular formula is C25H32N2O5S. The first-order valence-corrected chi connectivity index (χ1v) is 12.7. The summed E-state index contributed by atoms with van der Waals surface area (Å²) in [5.41, 5.74) is 3.88. The van der Waals surface area contributed by atoms with Crippen molar-refractivity contribution in [1.82, 2.24) is 4.31 Å². The molecule has 1 amide bonds. The number of hydrogen-bond acceptors (Lipinski definition) is 5. The second-order valence-electron chi connectivity index (χ2n) is 8.60. The number of rotatable bonds is 7. The van der Waals surface area contributed by atoms with Crippen molar-refractivity contribution < 1.29 is 22.7 Å². The SMILES string of the molecule is CCOC(=O)Cc1ccc(NC(=O)C2CCCN(S(=O)(=O)c3c(C)cc(C)cc3C)C2)cc1. The van der Waals surface area contributed by atoms with Crippen molar-refractivity contribution in [1.29, 1.82) is 0 Å². The van der Waals surface area contributed by atoms with Crippen molar-refractivity contribution in [2.24, 2.45) is 5.92 Å². The highest BCUT2D eigenvalue weighted by molar-refractivity contribution is 7.89. The molecular weight excluding hydrogens is 440 g/mol. The number of aryl methyl sites for hydroxylation is 3. The number of nitrogens with one attached hydrogen (secondary N) is 1. The number of ether oxygens (including phenoxy) is 1. The molecule has 1 aliphatic rings. The number of sulfonamides is 1. The zero-order valence-corrected chi connectivity index (χ0v) is 20.5. The first-order chi connectivity index (χ1) is 15.6. The summed E-state index contributed by atoms with van der Waals surface area (Å²) in [4.78, 5) is 24.8. The van der Waals surface area contributed by atoms with Crippen LogP contribution < -0.4 is 5.32 Å². The molecule has 0 aromatic heterocycles. The molecule has 1 fully saturated rings. The van der Waals surface area contributed by atoms with Crippen LogP contribution in [-0.2, 0) is 30.8 Å². The van der Waals surface area contributed by atoms with Crippen LogP contribution in [0.15, 0.2) is 41.3 Å². The van der Waals surface area contributed by atoms with Gasteiger partial charge in [0.1, 0.15) is 0 Å². The molecule has 1 atom stereocenters. The largest absolute Gasteiger partial charge is 0.466 e. The first kappa shape index (κ1) is 24.9. The Balaban J connectivity index is 1.68. The van der Waals surface area contributed by atoms with E-state index in [1.54, 1.807) is 31.2 Å². The standard InChI is InChI=1S/C25H32N2O5S/c1-5-32-23(28)15-20-8-10-22(11-9-20)26-25(29)21-7-6-12-27(16-21)33(30,31)24-18(3)13-17(2)14-19(24)4/h8-11,13-14,21H,5-7,12,15-16H2,1-4H3,(H,26,29). The van der Waals surface area contributed by atoms with E-state index < -0.39 is 15.9 Å². The first-order valence-electron chi connectivity index (χ1n) is 11.2. The quantitative estimate of drug-likeness (QED) is 0.620. The van der Waals surface area contributed by atoms with E-state index >= 15 is 0 Å². The predicted octanol–water partition coefficient (Wildman–Crippen LogP) is 3.76. The molecule has 0 radical (unpaired) electrons. The van der Waals surface area contributed by atoms with Gasteiger partial charge in [-0.3, -0.25) is 9.59 Å². The number of amides is 1. The third-order valence-corrected chi connectivity index (χ3v) is 8.00. The molecule has 1 unspecified atom stereocenters. The van der Waals surface area contributed by atoms with Gasteiger partial charge in [0.15, 0.2) is 0 Å². The van der Waals surface area contributed by atoms with Gasteiger partial charge in [0.2, 0.25) is 15.9 Å². The van der Waals surface area contributed by atoms with E-state index in [0.717, 1.165) is 22.3 Å². The van der Waals surface area contributed by atoms with Crippen LogP contribution in [0.2, 0.25) is 0 Å². The maximum atomic E-state index is 13.4. The Morgan fingerprint density at radius 2 is 1.73 bits per heavy atom. The number of hydrogen-bond donors (Lipinski definition) is 1. The van der Waals surface area contributed by atoms with Crippen LogP contribution in [0, 0.1) is 26.7 Å². The van der Waals surface area contributed by atoms with E-state index in [4.69, 9.17) is 4.74 Å². The third kappa shape index (κ3) is 6.00. The van der Waals surface area contributed by atoms with Gasteiger partial charge in [-0.25, -0.2) is 8.42 Å². The highest BCUT2D eigenvalue weighted by atomic mass is 32.2. The van der Waals surface area contributed by atoms with E-state index in [0.29, 0.717) is 36.6 Å². The van der Waals surface area contributed by atoms with Gasteiger partial charge >= 0.3 is 5.97 Å². The number of piperidine rings is 1. The van der Waals surface area contributed by atoms with Crippen molar-refractivity contribution in [3.8, 4) is 0 Å². The Morgan fingerprint density at radius 1 is 1.09 bits per heavy atom. The molecule has 3 rings (SSSR count). The Morgan fingerprint density at radius 3 is 2.33 bits per heavy atom. The molecule has 0 spiro atoms. The molecule has 178 valence electrons. The normalized spacial score (nSPS) is 16.9. The van der Waals surface area contributed by atoms with Crippen molar-refractivity contribution in [2.45, 2.75) is 51.9 Å². The lowest BCUT2D eigenvalue weighted by Gasteiger charge is -2.32. The average Bonchev–Trinajstić information content (AvgIpc) is 2.74. The molecule has 0 bridgehead atoms. The Kier molecular flexibility index (Phi) is 7.92. The summed E-state index contributed by atoms with van der Waals surface area (Å²) in [7, 11) is -3.69.